The molecule has 3 heterocycles. The van der Waals surface area contributed by atoms with Crippen molar-refractivity contribution in [2.45, 2.75) is 23.5 Å². The van der Waals surface area contributed by atoms with E-state index in [4.69, 9.17) is 4.74 Å². The summed E-state index contributed by atoms with van der Waals surface area (Å²) in [6.07, 6.45) is -4.87. The van der Waals surface area contributed by atoms with Gasteiger partial charge in [-0.15, -0.1) is 11.8 Å². The molecule has 0 radical (unpaired) electrons. The number of alkyl halides is 3. The Bertz CT molecular complexity index is 1330. The van der Waals surface area contributed by atoms with Gasteiger partial charge in [-0.3, -0.25) is 14.4 Å². The van der Waals surface area contributed by atoms with Crippen LogP contribution in [0.25, 0.3) is 0 Å². The molecule has 3 aromatic rings. The van der Waals surface area contributed by atoms with E-state index in [1.807, 2.05) is 0 Å². The average Bonchev–Trinajstić information content (AvgIpc) is 3.13. The van der Waals surface area contributed by atoms with Crippen molar-refractivity contribution in [1.29, 1.82) is 0 Å². The first-order chi connectivity index (χ1) is 15.7. The van der Waals surface area contributed by atoms with E-state index in [9.17, 15) is 27.6 Å². The second-order valence-corrected chi connectivity index (χ2v) is 9.82. The minimum Gasteiger partial charge on any atom is -0.426 e. The summed E-state index contributed by atoms with van der Waals surface area (Å²) < 4.78 is 44.7. The first kappa shape index (κ1) is 21.8. The van der Waals surface area contributed by atoms with Crippen LogP contribution in [-0.4, -0.2) is 22.6 Å². The lowest BCUT2D eigenvalue weighted by molar-refractivity contribution is -0.149. The number of fused-ring (bicyclic) bond motifs is 5. The predicted molar refractivity (Wildman–Crippen MR) is 117 cm³/mol. The van der Waals surface area contributed by atoms with Gasteiger partial charge >= 0.3 is 17.0 Å². The van der Waals surface area contributed by atoms with Crippen molar-refractivity contribution >= 4 is 40.7 Å². The Hall–Kier alpha value is -3.05. The number of aromatic nitrogens is 1. The number of amides is 1. The van der Waals surface area contributed by atoms with E-state index in [1.165, 1.54) is 23.9 Å². The van der Waals surface area contributed by atoms with Gasteiger partial charge in [-0.05, 0) is 24.3 Å². The molecule has 2 aromatic carbocycles. The van der Waals surface area contributed by atoms with Crippen molar-refractivity contribution in [1.82, 2.24) is 4.98 Å². The molecule has 0 aliphatic carbocycles. The Morgan fingerprint density at radius 3 is 2.76 bits per heavy atom. The molecule has 0 saturated carbocycles. The molecule has 1 amide bonds. The third-order valence-electron chi connectivity index (χ3n) is 5.72. The minimum atomic E-state index is -4.55. The number of nitrogens with one attached hydrogen (secondary N) is 2. The number of hydrogen-bond acceptors (Lipinski definition) is 6. The number of carbonyl (C=O) groups is 2. The van der Waals surface area contributed by atoms with E-state index in [0.717, 1.165) is 23.5 Å². The maximum Gasteiger partial charge on any atom is 0.416 e. The van der Waals surface area contributed by atoms with Gasteiger partial charge < -0.3 is 15.0 Å². The van der Waals surface area contributed by atoms with Gasteiger partial charge in [-0.2, -0.15) is 13.2 Å². The van der Waals surface area contributed by atoms with Crippen LogP contribution in [0.5, 0.6) is 5.75 Å². The van der Waals surface area contributed by atoms with Gasteiger partial charge in [0.05, 0.1) is 16.0 Å². The molecule has 0 fully saturated rings. The molecule has 0 spiro atoms. The highest BCUT2D eigenvalue weighted by molar-refractivity contribution is 7.99. The van der Waals surface area contributed by atoms with Crippen LogP contribution in [0.3, 0.4) is 0 Å². The molecule has 2 aliphatic rings. The molecule has 1 aromatic heterocycles. The van der Waals surface area contributed by atoms with Gasteiger partial charge in [0.1, 0.15) is 5.75 Å². The number of H-pyrrole nitrogens is 1. The molecule has 2 atom stereocenters. The summed E-state index contributed by atoms with van der Waals surface area (Å²) in [5, 5.41) is 3.13. The van der Waals surface area contributed by atoms with E-state index in [1.54, 1.807) is 24.3 Å². The van der Waals surface area contributed by atoms with Crippen LogP contribution >= 0.6 is 23.1 Å². The molecule has 0 unspecified atom stereocenters. The summed E-state index contributed by atoms with van der Waals surface area (Å²) in [5.41, 5.74) is -1.55. The smallest absolute Gasteiger partial charge is 0.416 e. The second-order valence-electron chi connectivity index (χ2n) is 7.82. The fourth-order valence-corrected chi connectivity index (χ4v) is 6.82. The zero-order chi connectivity index (χ0) is 23.4. The van der Waals surface area contributed by atoms with Crippen molar-refractivity contribution in [3.8, 4) is 5.75 Å². The number of rotatable bonds is 3. The van der Waals surface area contributed by atoms with Gasteiger partial charge in [0.25, 0.3) is 0 Å². The number of ether oxygens (including phenoxy) is 1. The van der Waals surface area contributed by atoms with Crippen LogP contribution in [-0.2, 0) is 15.8 Å². The summed E-state index contributed by atoms with van der Waals surface area (Å²) in [7, 11) is 0. The van der Waals surface area contributed by atoms with E-state index in [0.29, 0.717) is 21.2 Å². The lowest BCUT2D eigenvalue weighted by Crippen LogP contribution is -2.49. The summed E-state index contributed by atoms with van der Waals surface area (Å²) in [6, 6.07) is 11.2. The van der Waals surface area contributed by atoms with E-state index in [-0.39, 0.29) is 22.7 Å². The number of anilines is 1. The Balaban J connectivity index is 1.52. The Morgan fingerprint density at radius 1 is 1.18 bits per heavy atom. The fourth-order valence-electron chi connectivity index (χ4n) is 4.28. The third-order valence-corrected chi connectivity index (χ3v) is 8.07. The van der Waals surface area contributed by atoms with Gasteiger partial charge in [0.15, 0.2) is 0 Å². The molecular formula is C22H15F3N2O4S2. The van der Waals surface area contributed by atoms with Crippen LogP contribution in [0.4, 0.5) is 18.9 Å². The molecule has 170 valence electrons. The number of halogens is 3. The number of esters is 1. The number of para-hydroxylation sites is 1. The molecule has 11 heteroatoms. The van der Waals surface area contributed by atoms with Crippen molar-refractivity contribution in [2.75, 3.05) is 11.1 Å². The third kappa shape index (κ3) is 3.74. The molecule has 0 bridgehead atoms. The summed E-state index contributed by atoms with van der Waals surface area (Å²) in [6.45, 7) is 0. The van der Waals surface area contributed by atoms with E-state index >= 15 is 0 Å². The van der Waals surface area contributed by atoms with Crippen LogP contribution in [0.1, 0.15) is 28.3 Å². The maximum atomic E-state index is 13.3. The number of aromatic amines is 1. The van der Waals surface area contributed by atoms with E-state index < -0.39 is 34.9 Å². The van der Waals surface area contributed by atoms with Crippen LogP contribution in [0.2, 0.25) is 0 Å². The van der Waals surface area contributed by atoms with Crippen LogP contribution < -0.4 is 14.9 Å². The zero-order valence-electron chi connectivity index (χ0n) is 16.7. The first-order valence-corrected chi connectivity index (χ1v) is 11.6. The van der Waals surface area contributed by atoms with Crippen LogP contribution in [0, 0.1) is 5.41 Å². The quantitative estimate of drug-likeness (QED) is 0.411. The van der Waals surface area contributed by atoms with E-state index in [2.05, 4.69) is 10.3 Å². The lowest BCUT2D eigenvalue weighted by atomic mass is 9.68. The molecule has 0 saturated heterocycles. The SMILES string of the molecule is O=C(C[C@]12CSc3[nH]c(=O)sc3[C@@H]1c1ccccc1OC2=O)Nc1cccc(C(F)(F)F)c1. The van der Waals surface area contributed by atoms with Crippen LogP contribution in [0.15, 0.2) is 58.4 Å². The molecule has 6 nitrogen and oxygen atoms in total. The summed E-state index contributed by atoms with van der Waals surface area (Å²) in [5.74, 6) is -1.30. The number of thioether (sulfide) groups is 1. The molecule has 2 aliphatic heterocycles. The summed E-state index contributed by atoms with van der Waals surface area (Å²) >= 11 is 2.23. The largest absolute Gasteiger partial charge is 0.426 e. The standard InChI is InChI=1S/C22H15F3N2O4S2/c23-22(24,25)11-4-3-5-12(8-11)26-15(28)9-21-10-32-18-17(33-20(30)27-18)16(21)13-6-1-2-7-14(13)31-19(21)29/h1-8,16H,9-10H2,(H,26,28)(H,27,30)/t16-,21-/m0/s1. The van der Waals surface area contributed by atoms with Crippen molar-refractivity contribution in [2.24, 2.45) is 5.41 Å². The Kier molecular flexibility index (Phi) is 5.13. The highest BCUT2D eigenvalue weighted by atomic mass is 32.2. The van der Waals surface area contributed by atoms with Crippen molar-refractivity contribution in [3.05, 3.63) is 74.2 Å². The Labute approximate surface area is 193 Å². The normalized spacial score (nSPS) is 21.4. The molecular weight excluding hydrogens is 477 g/mol. The number of thiazole rings is 1. The molecule has 33 heavy (non-hydrogen) atoms. The van der Waals surface area contributed by atoms with Gasteiger partial charge in [0.2, 0.25) is 5.91 Å². The van der Waals surface area contributed by atoms with Gasteiger partial charge in [-0.25, -0.2) is 0 Å². The first-order valence-electron chi connectivity index (χ1n) is 9.81. The highest BCUT2D eigenvalue weighted by Gasteiger charge is 2.57. The van der Waals surface area contributed by atoms with Crippen molar-refractivity contribution in [3.63, 3.8) is 0 Å². The van der Waals surface area contributed by atoms with Gasteiger partial charge in [0, 0.05) is 34.2 Å². The highest BCUT2D eigenvalue weighted by Crippen LogP contribution is 2.58. The van der Waals surface area contributed by atoms with Crippen molar-refractivity contribution < 1.29 is 27.5 Å². The topological polar surface area (TPSA) is 88.3 Å². The molecule has 5 rings (SSSR count). The summed E-state index contributed by atoms with van der Waals surface area (Å²) in [4.78, 5) is 41.5. The minimum absolute atomic E-state index is 0.0252. The second kappa shape index (κ2) is 7.77. The fraction of sp³-hybridized carbons (Fsp3) is 0.227. The van der Waals surface area contributed by atoms with Gasteiger partial charge in [-0.1, -0.05) is 35.6 Å². The predicted octanol–water partition coefficient (Wildman–Crippen LogP) is 4.63. The molecule has 2 N–H and O–H groups in total. The monoisotopic (exact) mass is 492 g/mol. The lowest BCUT2D eigenvalue weighted by Gasteiger charge is -2.44. The average molecular weight is 493 g/mol. The number of carbonyl (C=O) groups excluding carboxylic acids is 2. The Morgan fingerprint density at radius 2 is 1.97 bits per heavy atom. The number of hydrogen-bond donors (Lipinski definition) is 2. The number of benzene rings is 2. The zero-order valence-corrected chi connectivity index (χ0v) is 18.3. The maximum absolute atomic E-state index is 13.3.